The first-order valence-corrected chi connectivity index (χ1v) is 8.34. The van der Waals surface area contributed by atoms with Gasteiger partial charge in [-0.05, 0) is 36.4 Å². The summed E-state index contributed by atoms with van der Waals surface area (Å²) in [5.74, 6) is -0.309. The summed E-state index contributed by atoms with van der Waals surface area (Å²) in [7, 11) is 0. The SMILES string of the molecule is N#Cc1cc(N)c(Sc2ccc(Cl)cc2)n1Cc1ccccc1F. The van der Waals surface area contributed by atoms with Crippen molar-refractivity contribution >= 4 is 29.1 Å². The fraction of sp³-hybridized carbons (Fsp3) is 0.0556. The van der Waals surface area contributed by atoms with Gasteiger partial charge in [0.05, 0.1) is 12.2 Å². The zero-order valence-corrected chi connectivity index (χ0v) is 14.1. The second kappa shape index (κ2) is 7.00. The zero-order valence-electron chi connectivity index (χ0n) is 12.5. The molecule has 3 aromatic rings. The van der Waals surface area contributed by atoms with Crippen molar-refractivity contribution in [3.05, 3.63) is 76.7 Å². The number of anilines is 1. The molecule has 0 amide bonds. The van der Waals surface area contributed by atoms with Crippen molar-refractivity contribution in [2.24, 2.45) is 0 Å². The van der Waals surface area contributed by atoms with Gasteiger partial charge in [0, 0.05) is 15.5 Å². The molecule has 0 aliphatic rings. The van der Waals surface area contributed by atoms with Crippen LogP contribution < -0.4 is 5.73 Å². The lowest BCUT2D eigenvalue weighted by Gasteiger charge is -2.12. The molecule has 120 valence electrons. The number of hydrogen-bond acceptors (Lipinski definition) is 3. The van der Waals surface area contributed by atoms with Crippen LogP contribution in [0.3, 0.4) is 0 Å². The molecule has 0 saturated carbocycles. The number of halogens is 2. The Morgan fingerprint density at radius 3 is 2.54 bits per heavy atom. The highest BCUT2D eigenvalue weighted by molar-refractivity contribution is 7.99. The summed E-state index contributed by atoms with van der Waals surface area (Å²) in [4.78, 5) is 0.934. The van der Waals surface area contributed by atoms with Gasteiger partial charge in [-0.3, -0.25) is 0 Å². The third-order valence-electron chi connectivity index (χ3n) is 3.50. The summed E-state index contributed by atoms with van der Waals surface area (Å²) >= 11 is 7.32. The van der Waals surface area contributed by atoms with Crippen LogP contribution in [0.5, 0.6) is 0 Å². The van der Waals surface area contributed by atoms with Gasteiger partial charge in [-0.1, -0.05) is 41.6 Å². The van der Waals surface area contributed by atoms with Crippen LogP contribution in [0.2, 0.25) is 5.02 Å². The summed E-state index contributed by atoms with van der Waals surface area (Å²) in [6.45, 7) is 0.239. The highest BCUT2D eigenvalue weighted by Crippen LogP contribution is 2.35. The largest absolute Gasteiger partial charge is 0.397 e. The van der Waals surface area contributed by atoms with Gasteiger partial charge in [0.2, 0.25) is 0 Å². The summed E-state index contributed by atoms with van der Waals surface area (Å²) in [6.07, 6.45) is 0. The Labute approximate surface area is 148 Å². The third-order valence-corrected chi connectivity index (χ3v) is 4.91. The fourth-order valence-corrected chi connectivity index (χ4v) is 3.40. The van der Waals surface area contributed by atoms with Crippen LogP contribution in [0.25, 0.3) is 0 Å². The van der Waals surface area contributed by atoms with Crippen molar-refractivity contribution in [2.75, 3.05) is 5.73 Å². The predicted molar refractivity (Wildman–Crippen MR) is 94.6 cm³/mol. The Bertz CT molecular complexity index is 913. The van der Waals surface area contributed by atoms with Gasteiger partial charge in [-0.25, -0.2) is 4.39 Å². The Morgan fingerprint density at radius 1 is 1.17 bits per heavy atom. The van der Waals surface area contributed by atoms with Crippen LogP contribution in [0.1, 0.15) is 11.3 Å². The highest BCUT2D eigenvalue weighted by atomic mass is 35.5. The molecule has 0 saturated heterocycles. The summed E-state index contributed by atoms with van der Waals surface area (Å²) < 4.78 is 15.7. The molecule has 0 spiro atoms. The highest BCUT2D eigenvalue weighted by Gasteiger charge is 2.16. The zero-order chi connectivity index (χ0) is 17.1. The van der Waals surface area contributed by atoms with E-state index >= 15 is 0 Å². The van der Waals surface area contributed by atoms with E-state index in [1.165, 1.54) is 17.8 Å². The Hall–Kier alpha value is -2.42. The summed E-state index contributed by atoms with van der Waals surface area (Å²) in [5.41, 5.74) is 7.46. The van der Waals surface area contributed by atoms with E-state index in [-0.39, 0.29) is 12.4 Å². The molecule has 0 aliphatic carbocycles. The Morgan fingerprint density at radius 2 is 1.88 bits per heavy atom. The molecule has 2 aromatic carbocycles. The molecule has 24 heavy (non-hydrogen) atoms. The van der Waals surface area contributed by atoms with Crippen LogP contribution in [0, 0.1) is 17.1 Å². The molecule has 0 radical (unpaired) electrons. The molecule has 0 bridgehead atoms. The van der Waals surface area contributed by atoms with E-state index in [2.05, 4.69) is 6.07 Å². The van der Waals surface area contributed by atoms with Crippen molar-refractivity contribution in [3.63, 3.8) is 0 Å². The molecule has 1 heterocycles. The molecule has 3 nitrogen and oxygen atoms in total. The number of benzene rings is 2. The van der Waals surface area contributed by atoms with Gasteiger partial charge in [0.15, 0.2) is 0 Å². The topological polar surface area (TPSA) is 54.7 Å². The average molecular weight is 358 g/mol. The minimum atomic E-state index is -0.309. The fourth-order valence-electron chi connectivity index (χ4n) is 2.33. The van der Waals surface area contributed by atoms with E-state index in [0.717, 1.165) is 4.90 Å². The molecule has 0 fully saturated rings. The van der Waals surface area contributed by atoms with Crippen molar-refractivity contribution in [1.29, 1.82) is 5.26 Å². The normalized spacial score (nSPS) is 10.5. The second-order valence-electron chi connectivity index (χ2n) is 5.14. The van der Waals surface area contributed by atoms with Crippen molar-refractivity contribution in [3.8, 4) is 6.07 Å². The maximum absolute atomic E-state index is 14.0. The number of nitrogen functional groups attached to an aromatic ring is 1. The van der Waals surface area contributed by atoms with E-state index in [4.69, 9.17) is 17.3 Å². The van der Waals surface area contributed by atoms with Gasteiger partial charge in [-0.2, -0.15) is 5.26 Å². The molecule has 0 aliphatic heterocycles. The molecule has 3 rings (SSSR count). The van der Waals surface area contributed by atoms with E-state index < -0.39 is 0 Å². The number of nitrogens with zero attached hydrogens (tertiary/aromatic N) is 2. The maximum atomic E-state index is 14.0. The van der Waals surface area contributed by atoms with Gasteiger partial charge >= 0.3 is 0 Å². The van der Waals surface area contributed by atoms with Gasteiger partial charge in [-0.15, -0.1) is 0 Å². The first kappa shape index (κ1) is 16.4. The predicted octanol–water partition coefficient (Wildman–Crippen LogP) is 4.93. The molecule has 0 atom stereocenters. The number of rotatable bonds is 4. The van der Waals surface area contributed by atoms with Gasteiger partial charge in [0.25, 0.3) is 0 Å². The Kier molecular flexibility index (Phi) is 4.79. The molecule has 6 heteroatoms. The van der Waals surface area contributed by atoms with Crippen LogP contribution >= 0.6 is 23.4 Å². The minimum Gasteiger partial charge on any atom is -0.397 e. The lowest BCUT2D eigenvalue weighted by molar-refractivity contribution is 0.592. The number of nitrogens with two attached hydrogens (primary N) is 1. The van der Waals surface area contributed by atoms with E-state index in [1.54, 1.807) is 41.0 Å². The van der Waals surface area contributed by atoms with E-state index in [9.17, 15) is 9.65 Å². The van der Waals surface area contributed by atoms with Gasteiger partial charge in [0.1, 0.15) is 22.6 Å². The molecule has 2 N–H and O–H groups in total. The van der Waals surface area contributed by atoms with Crippen LogP contribution in [0.4, 0.5) is 10.1 Å². The average Bonchev–Trinajstić information content (AvgIpc) is 2.87. The lowest BCUT2D eigenvalue weighted by atomic mass is 10.2. The first-order chi connectivity index (χ1) is 11.6. The van der Waals surface area contributed by atoms with Crippen molar-refractivity contribution < 1.29 is 4.39 Å². The van der Waals surface area contributed by atoms with Crippen molar-refractivity contribution in [1.82, 2.24) is 4.57 Å². The third kappa shape index (κ3) is 3.40. The van der Waals surface area contributed by atoms with Crippen LogP contribution in [-0.2, 0) is 6.54 Å². The standard InChI is InChI=1S/C18H13ClFN3S/c19-13-5-7-15(8-6-13)24-18-17(22)9-14(10-21)23(18)11-12-3-1-2-4-16(12)20/h1-9H,11,22H2. The van der Waals surface area contributed by atoms with Crippen molar-refractivity contribution in [2.45, 2.75) is 16.5 Å². The Balaban J connectivity index is 2.00. The van der Waals surface area contributed by atoms with Gasteiger partial charge < -0.3 is 10.3 Å². The quantitative estimate of drug-likeness (QED) is 0.720. The number of aromatic nitrogens is 1. The van der Waals surface area contributed by atoms with Crippen LogP contribution in [-0.4, -0.2) is 4.57 Å². The molecular weight excluding hydrogens is 345 g/mol. The minimum absolute atomic E-state index is 0.239. The van der Waals surface area contributed by atoms with Crippen LogP contribution in [0.15, 0.2) is 64.5 Å². The summed E-state index contributed by atoms with van der Waals surface area (Å²) in [5, 5.41) is 10.7. The molecule has 1 aromatic heterocycles. The number of hydrogen-bond donors (Lipinski definition) is 1. The number of nitriles is 1. The smallest absolute Gasteiger partial charge is 0.128 e. The van der Waals surface area contributed by atoms with E-state index in [1.807, 2.05) is 12.1 Å². The van der Waals surface area contributed by atoms with E-state index in [0.29, 0.717) is 27.0 Å². The molecular formula is C18H13ClFN3S. The lowest BCUT2D eigenvalue weighted by Crippen LogP contribution is -2.06. The first-order valence-electron chi connectivity index (χ1n) is 7.14. The maximum Gasteiger partial charge on any atom is 0.128 e. The molecule has 0 unspecified atom stereocenters. The summed E-state index contributed by atoms with van der Waals surface area (Å²) in [6, 6.07) is 17.6. The monoisotopic (exact) mass is 357 g/mol. The second-order valence-corrected chi connectivity index (χ2v) is 6.63.